The third kappa shape index (κ3) is 0.583. The lowest BCUT2D eigenvalue weighted by atomic mass is 9.93. The molecule has 0 aromatic rings. The second kappa shape index (κ2) is 1.35. The van der Waals surface area contributed by atoms with E-state index in [1.54, 1.807) is 0 Å². The zero-order valence-electron chi connectivity index (χ0n) is 4.98. The summed E-state index contributed by atoms with van der Waals surface area (Å²) in [6.45, 7) is 2.43. The lowest BCUT2D eigenvalue weighted by Gasteiger charge is -2.21. The molecule has 2 rings (SSSR count). The van der Waals surface area contributed by atoms with Crippen molar-refractivity contribution >= 4 is 0 Å². The highest BCUT2D eigenvalue weighted by Crippen LogP contribution is 2.42. The number of rotatable bonds is 0. The van der Waals surface area contributed by atoms with Crippen molar-refractivity contribution in [3.05, 3.63) is 12.2 Å². The summed E-state index contributed by atoms with van der Waals surface area (Å²) in [6, 6.07) is 0. The summed E-state index contributed by atoms with van der Waals surface area (Å²) in [4.78, 5) is 0. The van der Waals surface area contributed by atoms with Crippen molar-refractivity contribution in [1.82, 2.24) is 5.32 Å². The van der Waals surface area contributed by atoms with Crippen molar-refractivity contribution in [3.63, 3.8) is 0 Å². The fourth-order valence-electron chi connectivity index (χ4n) is 1.34. The van der Waals surface area contributed by atoms with E-state index in [4.69, 9.17) is 0 Å². The minimum atomic E-state index is 0.616. The highest BCUT2D eigenvalue weighted by atomic mass is 14.9. The van der Waals surface area contributed by atoms with Crippen LogP contribution < -0.4 is 5.32 Å². The van der Waals surface area contributed by atoms with Crippen LogP contribution in [0.15, 0.2) is 12.2 Å². The molecule has 0 saturated carbocycles. The molecule has 0 unspecified atom stereocenters. The maximum absolute atomic E-state index is 3.34. The molecule has 1 heterocycles. The van der Waals surface area contributed by atoms with Gasteiger partial charge in [-0.2, -0.15) is 0 Å². The van der Waals surface area contributed by atoms with E-state index >= 15 is 0 Å². The zero-order valence-corrected chi connectivity index (χ0v) is 4.98. The summed E-state index contributed by atoms with van der Waals surface area (Å²) in [5, 5.41) is 3.34. The van der Waals surface area contributed by atoms with Crippen LogP contribution in [0.25, 0.3) is 0 Å². The Morgan fingerprint density at radius 1 is 1.12 bits per heavy atom. The van der Waals surface area contributed by atoms with Crippen molar-refractivity contribution in [2.24, 2.45) is 5.41 Å². The number of nitrogens with one attached hydrogen (secondary N) is 1. The molecule has 0 aromatic heterocycles. The first-order valence-corrected chi connectivity index (χ1v) is 3.32. The van der Waals surface area contributed by atoms with Crippen LogP contribution in [0.5, 0.6) is 0 Å². The number of hydrogen-bond donors (Lipinski definition) is 1. The van der Waals surface area contributed by atoms with Gasteiger partial charge in [-0.25, -0.2) is 0 Å². The van der Waals surface area contributed by atoms with Gasteiger partial charge in [-0.15, -0.1) is 0 Å². The molecule has 0 aromatic carbocycles. The third-order valence-corrected chi connectivity index (χ3v) is 2.17. The highest BCUT2D eigenvalue weighted by Gasteiger charge is 2.34. The lowest BCUT2D eigenvalue weighted by Crippen LogP contribution is -2.29. The van der Waals surface area contributed by atoms with E-state index in [2.05, 4.69) is 17.5 Å². The molecule has 0 radical (unpaired) electrons. The summed E-state index contributed by atoms with van der Waals surface area (Å²) in [5.41, 5.74) is 0.616. The van der Waals surface area contributed by atoms with Gasteiger partial charge in [0.1, 0.15) is 0 Å². The zero-order chi connectivity index (χ0) is 5.45. The van der Waals surface area contributed by atoms with Crippen molar-refractivity contribution in [3.8, 4) is 0 Å². The van der Waals surface area contributed by atoms with E-state index in [-0.39, 0.29) is 0 Å². The average molecular weight is 109 g/mol. The van der Waals surface area contributed by atoms with E-state index in [1.807, 2.05) is 0 Å². The molecule has 8 heavy (non-hydrogen) atoms. The van der Waals surface area contributed by atoms with Gasteiger partial charge < -0.3 is 5.32 Å². The summed E-state index contributed by atoms with van der Waals surface area (Å²) in [5.74, 6) is 0. The van der Waals surface area contributed by atoms with E-state index in [0.717, 1.165) is 0 Å². The molecule has 1 aliphatic carbocycles. The van der Waals surface area contributed by atoms with Gasteiger partial charge >= 0.3 is 0 Å². The minimum Gasteiger partial charge on any atom is -0.317 e. The molecule has 1 N–H and O–H groups in total. The Morgan fingerprint density at radius 3 is 2.12 bits per heavy atom. The van der Waals surface area contributed by atoms with Crippen LogP contribution >= 0.6 is 0 Å². The monoisotopic (exact) mass is 109 g/mol. The quantitative estimate of drug-likeness (QED) is 0.456. The molecular formula is C7H11N. The third-order valence-electron chi connectivity index (χ3n) is 2.17. The molecule has 1 spiro atoms. The van der Waals surface area contributed by atoms with Crippen molar-refractivity contribution in [1.29, 1.82) is 0 Å². The maximum atomic E-state index is 3.34. The van der Waals surface area contributed by atoms with Crippen LogP contribution in [-0.4, -0.2) is 13.1 Å². The molecule has 1 saturated heterocycles. The number of hydrogen-bond acceptors (Lipinski definition) is 1. The van der Waals surface area contributed by atoms with E-state index in [0.29, 0.717) is 5.41 Å². The molecule has 1 fully saturated rings. The van der Waals surface area contributed by atoms with Gasteiger partial charge in [0.25, 0.3) is 0 Å². The Bertz CT molecular complexity index is 112. The van der Waals surface area contributed by atoms with Gasteiger partial charge in [-0.3, -0.25) is 0 Å². The fourth-order valence-corrected chi connectivity index (χ4v) is 1.34. The van der Waals surface area contributed by atoms with E-state index in [9.17, 15) is 0 Å². The standard InChI is InChI=1S/C7H11N/c1-2-7(1)3-5-8-6-4-7/h1-2,8H,3-6H2. The Morgan fingerprint density at radius 2 is 1.75 bits per heavy atom. The van der Waals surface area contributed by atoms with Crippen molar-refractivity contribution in [2.45, 2.75) is 12.8 Å². The Kier molecular flexibility index (Phi) is 0.770. The van der Waals surface area contributed by atoms with Crippen LogP contribution in [0.3, 0.4) is 0 Å². The molecule has 1 heteroatoms. The Labute approximate surface area is 49.8 Å². The normalized spacial score (nSPS) is 31.0. The van der Waals surface area contributed by atoms with Gasteiger partial charge in [0, 0.05) is 5.41 Å². The lowest BCUT2D eigenvalue weighted by molar-refractivity contribution is 0.389. The summed E-state index contributed by atoms with van der Waals surface area (Å²) >= 11 is 0. The topological polar surface area (TPSA) is 12.0 Å². The Balaban J connectivity index is 1.96. The van der Waals surface area contributed by atoms with Crippen molar-refractivity contribution < 1.29 is 0 Å². The second-order valence-corrected chi connectivity index (χ2v) is 2.82. The molecule has 1 aliphatic heterocycles. The van der Waals surface area contributed by atoms with Gasteiger partial charge in [0.05, 0.1) is 0 Å². The first-order chi connectivity index (χ1) is 3.91. The smallest absolute Gasteiger partial charge is 0.00856 e. The molecule has 0 amide bonds. The Hall–Kier alpha value is -0.300. The predicted molar refractivity (Wildman–Crippen MR) is 33.7 cm³/mol. The molecule has 0 atom stereocenters. The molecule has 0 bridgehead atoms. The molecule has 2 aliphatic rings. The van der Waals surface area contributed by atoms with E-state index < -0.39 is 0 Å². The maximum Gasteiger partial charge on any atom is 0.00856 e. The first kappa shape index (κ1) is 4.57. The van der Waals surface area contributed by atoms with Gasteiger partial charge in [0.15, 0.2) is 0 Å². The number of piperidine rings is 1. The molecule has 1 nitrogen and oxygen atoms in total. The van der Waals surface area contributed by atoms with Crippen LogP contribution in [0.1, 0.15) is 12.8 Å². The average Bonchev–Trinajstić information content (AvgIpc) is 2.52. The van der Waals surface area contributed by atoms with Gasteiger partial charge in [-0.1, -0.05) is 12.2 Å². The predicted octanol–water partition coefficient (Wildman–Crippen LogP) is 0.926. The van der Waals surface area contributed by atoms with E-state index in [1.165, 1.54) is 25.9 Å². The summed E-state index contributed by atoms with van der Waals surface area (Å²) in [7, 11) is 0. The fraction of sp³-hybridized carbons (Fsp3) is 0.714. The van der Waals surface area contributed by atoms with Gasteiger partial charge in [-0.05, 0) is 25.9 Å². The summed E-state index contributed by atoms with van der Waals surface area (Å²) in [6.07, 6.45) is 7.36. The van der Waals surface area contributed by atoms with Crippen molar-refractivity contribution in [2.75, 3.05) is 13.1 Å². The number of allylic oxidation sites excluding steroid dienone is 2. The SMILES string of the molecule is C1=CC12CCNCC2. The van der Waals surface area contributed by atoms with Crippen LogP contribution in [0.2, 0.25) is 0 Å². The largest absolute Gasteiger partial charge is 0.317 e. The van der Waals surface area contributed by atoms with Gasteiger partial charge in [0.2, 0.25) is 0 Å². The molecular weight excluding hydrogens is 98.1 g/mol. The highest BCUT2D eigenvalue weighted by molar-refractivity contribution is 5.26. The van der Waals surface area contributed by atoms with Crippen LogP contribution in [0.4, 0.5) is 0 Å². The van der Waals surface area contributed by atoms with Crippen LogP contribution in [0, 0.1) is 5.41 Å². The molecule has 44 valence electrons. The first-order valence-electron chi connectivity index (χ1n) is 3.32. The van der Waals surface area contributed by atoms with Crippen LogP contribution in [-0.2, 0) is 0 Å². The second-order valence-electron chi connectivity index (χ2n) is 2.82. The summed E-state index contributed by atoms with van der Waals surface area (Å²) < 4.78 is 0. The minimum absolute atomic E-state index is 0.616.